The zero-order chi connectivity index (χ0) is 21.7. The molecule has 0 atom stereocenters. The van der Waals surface area contributed by atoms with Crippen LogP contribution < -0.4 is 5.56 Å². The van der Waals surface area contributed by atoms with Crippen LogP contribution in [0, 0.1) is 24.4 Å². The first kappa shape index (κ1) is 19.4. The number of hydrogen-bond acceptors (Lipinski definition) is 3. The van der Waals surface area contributed by atoms with Crippen molar-refractivity contribution in [1.82, 2.24) is 14.3 Å². The van der Waals surface area contributed by atoms with Gasteiger partial charge in [0.1, 0.15) is 17.2 Å². The van der Waals surface area contributed by atoms with E-state index in [2.05, 4.69) is 5.10 Å². The summed E-state index contributed by atoms with van der Waals surface area (Å²) >= 11 is 0. The van der Waals surface area contributed by atoms with E-state index in [9.17, 15) is 27.9 Å². The number of carbonyl (C=O) groups is 1. The lowest BCUT2D eigenvalue weighted by Gasteiger charge is -2.12. The number of rotatable bonds is 3. The Balaban J connectivity index is 2.03. The lowest BCUT2D eigenvalue weighted by atomic mass is 9.98. The SMILES string of the molecule is Cc1c(F)cc(C(=O)O)cc1-c1cc2cnn(-c3c(F)cccc3F)c2n(C)c1=O. The third-order valence-corrected chi connectivity index (χ3v) is 4.95. The number of nitrogens with zero attached hydrogens (tertiary/aromatic N) is 3. The zero-order valence-corrected chi connectivity index (χ0v) is 15.8. The van der Waals surface area contributed by atoms with Gasteiger partial charge in [0, 0.05) is 18.0 Å². The molecule has 1 N–H and O–H groups in total. The lowest BCUT2D eigenvalue weighted by Crippen LogP contribution is -2.21. The summed E-state index contributed by atoms with van der Waals surface area (Å²) in [6.45, 7) is 1.43. The van der Waals surface area contributed by atoms with Crippen molar-refractivity contribution in [1.29, 1.82) is 0 Å². The van der Waals surface area contributed by atoms with Gasteiger partial charge in [0.05, 0.1) is 11.8 Å². The summed E-state index contributed by atoms with van der Waals surface area (Å²) in [6, 6.07) is 6.84. The topological polar surface area (TPSA) is 77.1 Å². The van der Waals surface area contributed by atoms with E-state index < -0.39 is 34.7 Å². The Morgan fingerprint density at radius 2 is 1.70 bits per heavy atom. The fourth-order valence-corrected chi connectivity index (χ4v) is 3.42. The lowest BCUT2D eigenvalue weighted by molar-refractivity contribution is 0.0696. The molecule has 152 valence electrons. The van der Waals surface area contributed by atoms with Crippen molar-refractivity contribution in [2.75, 3.05) is 0 Å². The summed E-state index contributed by atoms with van der Waals surface area (Å²) in [6.07, 6.45) is 1.32. The van der Waals surface area contributed by atoms with Gasteiger partial charge in [-0.15, -0.1) is 0 Å². The van der Waals surface area contributed by atoms with Crippen LogP contribution in [0.3, 0.4) is 0 Å². The highest BCUT2D eigenvalue weighted by atomic mass is 19.1. The van der Waals surface area contributed by atoms with E-state index in [0.717, 1.165) is 27.4 Å². The molecule has 0 saturated heterocycles. The molecule has 0 aliphatic carbocycles. The number of benzene rings is 2. The molecule has 0 bridgehead atoms. The van der Waals surface area contributed by atoms with Gasteiger partial charge >= 0.3 is 5.97 Å². The minimum atomic E-state index is -1.34. The number of pyridine rings is 1. The Labute approximate surface area is 167 Å². The Hall–Kier alpha value is -3.88. The maximum absolute atomic E-state index is 14.3. The van der Waals surface area contributed by atoms with Crippen molar-refractivity contribution in [2.24, 2.45) is 7.05 Å². The molecular weight excluding hydrogens is 399 g/mol. The predicted octanol–water partition coefficient (Wildman–Crippen LogP) is 3.82. The van der Waals surface area contributed by atoms with E-state index in [1.165, 1.54) is 38.4 Å². The molecule has 6 nitrogen and oxygen atoms in total. The fourth-order valence-electron chi connectivity index (χ4n) is 3.42. The van der Waals surface area contributed by atoms with Gasteiger partial charge in [0.25, 0.3) is 5.56 Å². The smallest absolute Gasteiger partial charge is 0.335 e. The number of fused-ring (bicyclic) bond motifs is 1. The number of aromatic carboxylic acids is 1. The summed E-state index contributed by atoms with van der Waals surface area (Å²) in [5.74, 6) is -3.82. The van der Waals surface area contributed by atoms with Crippen LogP contribution in [0.4, 0.5) is 13.2 Å². The van der Waals surface area contributed by atoms with E-state index in [0.29, 0.717) is 5.39 Å². The highest BCUT2D eigenvalue weighted by Crippen LogP contribution is 2.28. The second-order valence-electron chi connectivity index (χ2n) is 6.76. The number of halogens is 3. The molecule has 9 heteroatoms. The van der Waals surface area contributed by atoms with Crippen molar-refractivity contribution in [3.8, 4) is 16.8 Å². The average molecular weight is 413 g/mol. The van der Waals surface area contributed by atoms with E-state index >= 15 is 0 Å². The second kappa shape index (κ2) is 6.87. The summed E-state index contributed by atoms with van der Waals surface area (Å²) in [7, 11) is 1.39. The zero-order valence-electron chi connectivity index (χ0n) is 15.8. The van der Waals surface area contributed by atoms with Gasteiger partial charge in [0.15, 0.2) is 11.6 Å². The molecule has 0 amide bonds. The van der Waals surface area contributed by atoms with Crippen molar-refractivity contribution in [3.63, 3.8) is 0 Å². The Morgan fingerprint density at radius 1 is 1.03 bits per heavy atom. The molecule has 2 heterocycles. The largest absolute Gasteiger partial charge is 0.478 e. The van der Waals surface area contributed by atoms with Gasteiger partial charge in [-0.1, -0.05) is 6.07 Å². The molecule has 4 aromatic rings. The van der Waals surface area contributed by atoms with Crippen LogP contribution in [0.5, 0.6) is 0 Å². The number of hydrogen-bond donors (Lipinski definition) is 1. The van der Waals surface area contributed by atoms with E-state index in [-0.39, 0.29) is 27.9 Å². The molecule has 0 aliphatic heterocycles. The molecule has 4 rings (SSSR count). The third kappa shape index (κ3) is 2.86. The van der Waals surface area contributed by atoms with Crippen molar-refractivity contribution < 1.29 is 23.1 Å². The summed E-state index contributed by atoms with van der Waals surface area (Å²) in [4.78, 5) is 24.3. The minimum Gasteiger partial charge on any atom is -0.478 e. The van der Waals surface area contributed by atoms with Gasteiger partial charge in [-0.05, 0) is 48.4 Å². The van der Waals surface area contributed by atoms with Crippen LogP contribution in [-0.2, 0) is 7.05 Å². The molecule has 2 aromatic carbocycles. The van der Waals surface area contributed by atoms with Gasteiger partial charge in [0.2, 0.25) is 0 Å². The van der Waals surface area contributed by atoms with Crippen LogP contribution in [0.25, 0.3) is 27.8 Å². The molecule has 0 aliphatic rings. The molecule has 0 unspecified atom stereocenters. The predicted molar refractivity (Wildman–Crippen MR) is 103 cm³/mol. The van der Waals surface area contributed by atoms with E-state index in [4.69, 9.17) is 0 Å². The molecule has 2 aromatic heterocycles. The van der Waals surface area contributed by atoms with Crippen LogP contribution in [0.15, 0.2) is 47.4 Å². The first-order valence-corrected chi connectivity index (χ1v) is 8.76. The monoisotopic (exact) mass is 413 g/mol. The molecular formula is C21H14F3N3O3. The molecule has 0 fully saturated rings. The molecule has 0 radical (unpaired) electrons. The Bertz CT molecular complexity index is 1390. The number of aromatic nitrogens is 3. The fraction of sp³-hybridized carbons (Fsp3) is 0.0952. The third-order valence-electron chi connectivity index (χ3n) is 4.95. The standard InChI is InChI=1S/C21H14F3N3O3/c1-10-13(6-11(21(29)30)8-17(10)24)14-7-12-9-25-27(19(12)26(2)20(14)28)18-15(22)4-3-5-16(18)23/h3-9H,1-2H3,(H,29,30). The van der Waals surface area contributed by atoms with Crippen molar-refractivity contribution in [3.05, 3.63) is 81.5 Å². The maximum Gasteiger partial charge on any atom is 0.335 e. The van der Waals surface area contributed by atoms with E-state index in [1.54, 1.807) is 0 Å². The number of carboxylic acid groups (broad SMARTS) is 1. The van der Waals surface area contributed by atoms with Crippen molar-refractivity contribution in [2.45, 2.75) is 6.92 Å². The summed E-state index contributed by atoms with van der Waals surface area (Å²) in [5.41, 5.74) is -0.974. The second-order valence-corrected chi connectivity index (χ2v) is 6.76. The normalized spacial score (nSPS) is 11.2. The summed E-state index contributed by atoms with van der Waals surface area (Å²) in [5, 5.41) is 13.6. The van der Waals surface area contributed by atoms with Crippen LogP contribution >= 0.6 is 0 Å². The number of para-hydroxylation sites is 1. The minimum absolute atomic E-state index is 0.0399. The van der Waals surface area contributed by atoms with Gasteiger partial charge < -0.3 is 5.11 Å². The van der Waals surface area contributed by atoms with Gasteiger partial charge in [-0.2, -0.15) is 5.10 Å². The molecule has 0 saturated carbocycles. The van der Waals surface area contributed by atoms with Crippen LogP contribution in [0.2, 0.25) is 0 Å². The highest BCUT2D eigenvalue weighted by Gasteiger charge is 2.21. The average Bonchev–Trinajstić information content (AvgIpc) is 3.10. The van der Waals surface area contributed by atoms with Crippen LogP contribution in [-0.4, -0.2) is 25.4 Å². The quantitative estimate of drug-likeness (QED) is 0.554. The van der Waals surface area contributed by atoms with Gasteiger partial charge in [-0.3, -0.25) is 9.36 Å². The number of aryl methyl sites for hydroxylation is 1. The first-order chi connectivity index (χ1) is 14.2. The molecule has 0 spiro atoms. The van der Waals surface area contributed by atoms with Gasteiger partial charge in [-0.25, -0.2) is 22.6 Å². The maximum atomic E-state index is 14.3. The Morgan fingerprint density at radius 3 is 2.33 bits per heavy atom. The number of carboxylic acids is 1. The molecule has 30 heavy (non-hydrogen) atoms. The Kier molecular flexibility index (Phi) is 4.45. The van der Waals surface area contributed by atoms with Crippen LogP contribution in [0.1, 0.15) is 15.9 Å². The van der Waals surface area contributed by atoms with Crippen molar-refractivity contribution >= 4 is 17.0 Å². The first-order valence-electron chi connectivity index (χ1n) is 8.76. The summed E-state index contributed by atoms with van der Waals surface area (Å²) < 4.78 is 44.9. The highest BCUT2D eigenvalue weighted by molar-refractivity contribution is 5.91. The van der Waals surface area contributed by atoms with E-state index in [1.807, 2.05) is 0 Å².